The van der Waals surface area contributed by atoms with Gasteiger partial charge in [0.1, 0.15) is 5.75 Å². The van der Waals surface area contributed by atoms with E-state index in [2.05, 4.69) is 4.98 Å². The monoisotopic (exact) mass is 518 g/mol. The van der Waals surface area contributed by atoms with Gasteiger partial charge >= 0.3 is 12.4 Å². The molecule has 0 radical (unpaired) electrons. The molecule has 0 saturated carbocycles. The molecule has 1 saturated heterocycles. The Morgan fingerprint density at radius 1 is 1.11 bits per heavy atom. The van der Waals surface area contributed by atoms with Gasteiger partial charge in [0, 0.05) is 12.2 Å². The van der Waals surface area contributed by atoms with Gasteiger partial charge in [-0.05, 0) is 56.2 Å². The summed E-state index contributed by atoms with van der Waals surface area (Å²) in [4.78, 5) is 18.9. The van der Waals surface area contributed by atoms with E-state index in [1.807, 2.05) is 6.92 Å². The van der Waals surface area contributed by atoms with Gasteiger partial charge in [-0.2, -0.15) is 26.3 Å². The molecule has 1 aliphatic heterocycles. The molecule has 1 amide bonds. The maximum Gasteiger partial charge on any atom is 0.416 e. The molecule has 0 N–H and O–H groups in total. The second kappa shape index (κ2) is 9.65. The van der Waals surface area contributed by atoms with Gasteiger partial charge in [0.25, 0.3) is 5.91 Å². The minimum absolute atomic E-state index is 0.00580. The van der Waals surface area contributed by atoms with E-state index in [9.17, 15) is 31.1 Å². The van der Waals surface area contributed by atoms with E-state index in [1.165, 1.54) is 0 Å². The maximum atomic E-state index is 13.4. The van der Waals surface area contributed by atoms with Gasteiger partial charge in [-0.25, -0.2) is 4.98 Å². The summed E-state index contributed by atoms with van der Waals surface area (Å²) >= 11 is 1.09. The first-order valence-corrected chi connectivity index (χ1v) is 11.5. The number of hydrogen-bond donors (Lipinski definition) is 0. The minimum atomic E-state index is -5.07. The molecule has 35 heavy (non-hydrogen) atoms. The molecule has 0 bridgehead atoms. The van der Waals surface area contributed by atoms with Crippen LogP contribution in [0.5, 0.6) is 5.75 Å². The Bertz CT molecular complexity index is 1190. The van der Waals surface area contributed by atoms with Crippen molar-refractivity contribution in [3.63, 3.8) is 0 Å². The van der Waals surface area contributed by atoms with E-state index in [-0.39, 0.29) is 17.7 Å². The smallest absolute Gasteiger partial charge is 0.416 e. The maximum absolute atomic E-state index is 13.4. The van der Waals surface area contributed by atoms with E-state index >= 15 is 0 Å². The van der Waals surface area contributed by atoms with Crippen molar-refractivity contribution < 1.29 is 40.6 Å². The first kappa shape index (κ1) is 25.2. The molecule has 1 aliphatic rings. The molecule has 1 fully saturated rings. The van der Waals surface area contributed by atoms with Gasteiger partial charge in [-0.3, -0.25) is 9.69 Å². The van der Waals surface area contributed by atoms with Gasteiger partial charge in [0.05, 0.1) is 40.6 Å². The van der Waals surface area contributed by atoms with Crippen molar-refractivity contribution in [3.8, 4) is 5.75 Å². The number of nitrogens with zero attached hydrogens (tertiary/aromatic N) is 2. The van der Waals surface area contributed by atoms with E-state index in [0.717, 1.165) is 22.7 Å². The van der Waals surface area contributed by atoms with E-state index in [4.69, 9.17) is 9.47 Å². The number of benzene rings is 2. The van der Waals surface area contributed by atoms with Crippen molar-refractivity contribution in [3.05, 3.63) is 53.1 Å². The van der Waals surface area contributed by atoms with Crippen LogP contribution < -0.4 is 9.64 Å². The Labute approximate surface area is 200 Å². The summed E-state index contributed by atoms with van der Waals surface area (Å²) in [6.07, 6.45) is -9.23. The summed E-state index contributed by atoms with van der Waals surface area (Å²) in [7, 11) is 0. The zero-order valence-corrected chi connectivity index (χ0v) is 19.2. The molecule has 188 valence electrons. The SMILES string of the molecule is CCOc1ccc2nc(N(CC3CCCO3)C(=O)c3cc(C(F)(F)F)cc(C(F)(F)F)c3)sc2c1. The lowest BCUT2D eigenvalue weighted by Crippen LogP contribution is -2.37. The Morgan fingerprint density at radius 2 is 1.80 bits per heavy atom. The molecule has 0 spiro atoms. The topological polar surface area (TPSA) is 51.7 Å². The third kappa shape index (κ3) is 5.69. The molecule has 1 atom stereocenters. The van der Waals surface area contributed by atoms with Crippen molar-refractivity contribution in [1.82, 2.24) is 4.98 Å². The Kier molecular flexibility index (Phi) is 6.96. The highest BCUT2D eigenvalue weighted by Crippen LogP contribution is 2.38. The molecule has 12 heteroatoms. The number of alkyl halides is 6. The fraction of sp³-hybridized carbons (Fsp3) is 0.391. The molecule has 4 rings (SSSR count). The molecule has 1 unspecified atom stereocenters. The molecule has 0 aliphatic carbocycles. The number of fused-ring (bicyclic) bond motifs is 1. The molecular formula is C23H20F6N2O3S. The summed E-state index contributed by atoms with van der Waals surface area (Å²) in [6, 6.07) is 5.92. The second-order valence-corrected chi connectivity index (χ2v) is 8.91. The summed E-state index contributed by atoms with van der Waals surface area (Å²) in [5.41, 5.74) is -3.34. The van der Waals surface area contributed by atoms with Crippen LogP contribution in [0.4, 0.5) is 31.5 Å². The van der Waals surface area contributed by atoms with Gasteiger partial charge in [-0.1, -0.05) is 11.3 Å². The molecule has 2 aromatic carbocycles. The van der Waals surface area contributed by atoms with Crippen molar-refractivity contribution in [2.45, 2.75) is 38.2 Å². The normalized spacial score (nSPS) is 16.6. The number of aromatic nitrogens is 1. The standard InChI is InChI=1S/C23H20F6N2O3S/c1-2-33-16-5-6-18-19(11-16)35-21(30-18)31(12-17-4-3-7-34-17)20(32)13-8-14(22(24,25)26)10-15(9-13)23(27,28)29/h5-6,8-11,17H,2-4,7,12H2,1H3. The summed E-state index contributed by atoms with van der Waals surface area (Å²) in [6.45, 7) is 2.63. The number of carbonyl (C=O) groups is 1. The van der Waals surface area contributed by atoms with E-state index in [1.54, 1.807) is 18.2 Å². The third-order valence-corrected chi connectivity index (χ3v) is 6.42. The van der Waals surface area contributed by atoms with Crippen molar-refractivity contribution in [2.75, 3.05) is 24.7 Å². The fourth-order valence-corrected chi connectivity index (χ4v) is 4.74. The van der Waals surface area contributed by atoms with Crippen molar-refractivity contribution in [1.29, 1.82) is 0 Å². The lowest BCUT2D eigenvalue weighted by molar-refractivity contribution is -0.143. The van der Waals surface area contributed by atoms with Crippen LogP contribution in [0.15, 0.2) is 36.4 Å². The predicted molar refractivity (Wildman–Crippen MR) is 118 cm³/mol. The number of thiazole rings is 1. The largest absolute Gasteiger partial charge is 0.494 e. The first-order chi connectivity index (χ1) is 16.5. The number of rotatable bonds is 6. The summed E-state index contributed by atoms with van der Waals surface area (Å²) in [5, 5.41) is 0.139. The minimum Gasteiger partial charge on any atom is -0.494 e. The molecule has 1 aromatic heterocycles. The van der Waals surface area contributed by atoms with Crippen LogP contribution in [0.25, 0.3) is 10.2 Å². The van der Waals surface area contributed by atoms with Gasteiger partial charge in [0.2, 0.25) is 0 Å². The van der Waals surface area contributed by atoms with Crippen LogP contribution in [0.3, 0.4) is 0 Å². The molecular weight excluding hydrogens is 498 g/mol. The van der Waals surface area contributed by atoms with Crippen LogP contribution in [-0.4, -0.2) is 36.8 Å². The van der Waals surface area contributed by atoms with Gasteiger partial charge < -0.3 is 9.47 Å². The zero-order valence-electron chi connectivity index (χ0n) is 18.4. The number of carbonyl (C=O) groups excluding carboxylic acids is 1. The predicted octanol–water partition coefficient (Wildman–Crippen LogP) is 6.56. The number of hydrogen-bond acceptors (Lipinski definition) is 5. The number of anilines is 1. The molecule has 3 aromatic rings. The van der Waals surface area contributed by atoms with Crippen LogP contribution in [0, 0.1) is 0 Å². The highest BCUT2D eigenvalue weighted by atomic mass is 32.1. The molecule has 5 nitrogen and oxygen atoms in total. The molecule has 2 heterocycles. The van der Waals surface area contributed by atoms with Crippen LogP contribution in [0.1, 0.15) is 41.3 Å². The van der Waals surface area contributed by atoms with E-state index in [0.29, 0.717) is 47.7 Å². The lowest BCUT2D eigenvalue weighted by atomic mass is 10.0. The number of ether oxygens (including phenoxy) is 2. The summed E-state index contributed by atoms with van der Waals surface area (Å²) in [5.74, 6) is -0.457. The number of amides is 1. The zero-order chi connectivity index (χ0) is 25.4. The van der Waals surface area contributed by atoms with E-state index < -0.39 is 41.1 Å². The highest BCUT2D eigenvalue weighted by molar-refractivity contribution is 7.22. The fourth-order valence-electron chi connectivity index (χ4n) is 3.74. The Hall–Kier alpha value is -2.86. The van der Waals surface area contributed by atoms with Crippen LogP contribution in [0.2, 0.25) is 0 Å². The Balaban J connectivity index is 1.78. The van der Waals surface area contributed by atoms with Crippen molar-refractivity contribution >= 4 is 32.6 Å². The van der Waals surface area contributed by atoms with Gasteiger partial charge in [0.15, 0.2) is 5.13 Å². The quantitative estimate of drug-likeness (QED) is 0.347. The number of halogens is 6. The average molecular weight is 518 g/mol. The average Bonchev–Trinajstić information content (AvgIpc) is 3.45. The highest BCUT2D eigenvalue weighted by Gasteiger charge is 2.38. The second-order valence-electron chi connectivity index (χ2n) is 7.90. The van der Waals surface area contributed by atoms with Crippen LogP contribution >= 0.6 is 11.3 Å². The first-order valence-electron chi connectivity index (χ1n) is 10.7. The summed E-state index contributed by atoms with van der Waals surface area (Å²) < 4.78 is 91.8. The van der Waals surface area contributed by atoms with Crippen LogP contribution in [-0.2, 0) is 17.1 Å². The third-order valence-electron chi connectivity index (χ3n) is 5.38. The Morgan fingerprint density at radius 3 is 2.37 bits per heavy atom. The van der Waals surface area contributed by atoms with Crippen molar-refractivity contribution in [2.24, 2.45) is 0 Å². The lowest BCUT2D eigenvalue weighted by Gasteiger charge is -2.24. The van der Waals surface area contributed by atoms with Gasteiger partial charge in [-0.15, -0.1) is 0 Å².